The van der Waals surface area contributed by atoms with Crippen LogP contribution in [-0.2, 0) is 19.7 Å². The molecule has 1 saturated heterocycles. The number of hydrogen-bond donors (Lipinski definition) is 1. The fourth-order valence-electron chi connectivity index (χ4n) is 6.08. The first-order chi connectivity index (χ1) is 18.6. The maximum atomic E-state index is 11.4. The topological polar surface area (TPSA) is 82.8 Å². The van der Waals surface area contributed by atoms with Gasteiger partial charge in [-0.3, -0.25) is 9.69 Å². The molecule has 0 radical (unpaired) electrons. The minimum atomic E-state index is -0.182. The number of aliphatic hydroxyl groups is 1. The van der Waals surface area contributed by atoms with E-state index in [1.165, 1.54) is 37.0 Å². The van der Waals surface area contributed by atoms with Crippen molar-refractivity contribution in [2.24, 2.45) is 11.8 Å². The van der Waals surface area contributed by atoms with E-state index in [-0.39, 0.29) is 17.5 Å². The Morgan fingerprint density at radius 3 is 2.71 bits per heavy atom. The Balaban J connectivity index is 0.000000216. The molecule has 2 saturated carbocycles. The molecule has 1 aromatic heterocycles. The van der Waals surface area contributed by atoms with E-state index in [1.54, 1.807) is 11.3 Å². The lowest BCUT2D eigenvalue weighted by molar-refractivity contribution is -0.144. The third-order valence-corrected chi connectivity index (χ3v) is 9.81. The monoisotopic (exact) mass is 546 g/mol. The lowest BCUT2D eigenvalue weighted by Gasteiger charge is -2.45. The normalized spacial score (nSPS) is 23.5. The van der Waals surface area contributed by atoms with Crippen LogP contribution >= 0.6 is 11.3 Å². The fourth-order valence-corrected chi connectivity index (χ4v) is 7.11. The Morgan fingerprint density at radius 2 is 2.08 bits per heavy atom. The van der Waals surface area contributed by atoms with Crippen LogP contribution in [0.5, 0.6) is 0 Å². The number of aliphatic hydroxyl groups excluding tert-OH is 1. The number of hydrogen-bond acceptors (Lipinski definition) is 7. The van der Waals surface area contributed by atoms with Crippen LogP contribution in [0.25, 0.3) is 0 Å². The van der Waals surface area contributed by atoms with Crippen LogP contribution in [0.15, 0.2) is 17.5 Å². The van der Waals surface area contributed by atoms with Crippen molar-refractivity contribution >= 4 is 17.3 Å². The Bertz CT molecular complexity index is 814. The number of thiophene rings is 1. The van der Waals surface area contributed by atoms with Crippen LogP contribution in [0, 0.1) is 23.2 Å². The Labute approximate surface area is 234 Å². The summed E-state index contributed by atoms with van der Waals surface area (Å²) in [5, 5.41) is 21.8. The summed E-state index contributed by atoms with van der Waals surface area (Å²) >= 11 is 1.80. The molecule has 3 atom stereocenters. The van der Waals surface area contributed by atoms with Crippen molar-refractivity contribution in [3.63, 3.8) is 0 Å². The van der Waals surface area contributed by atoms with Gasteiger partial charge in [-0.05, 0) is 62.3 Å². The summed E-state index contributed by atoms with van der Waals surface area (Å²) in [4.78, 5) is 15.0. The second-order valence-corrected chi connectivity index (χ2v) is 12.4. The number of carbonyl (C=O) groups is 1. The number of ether oxygens (including phenoxy) is 2. The van der Waals surface area contributed by atoms with E-state index >= 15 is 0 Å². The SMILES string of the molecule is CCCCCCC(=O)OCCN1CCOCC1.N#C[C@@H]1CCC(CCCC(O)C2(c3cccs3)CCC2)C1. The maximum absolute atomic E-state index is 11.4. The third kappa shape index (κ3) is 9.93. The molecule has 7 heteroatoms. The molecule has 38 heavy (non-hydrogen) atoms. The zero-order chi connectivity index (χ0) is 27.1. The van der Waals surface area contributed by atoms with Gasteiger partial charge in [0.05, 0.1) is 25.4 Å². The first kappa shape index (κ1) is 31.1. The van der Waals surface area contributed by atoms with Crippen LogP contribution in [0.4, 0.5) is 0 Å². The van der Waals surface area contributed by atoms with Gasteiger partial charge in [-0.25, -0.2) is 0 Å². The molecular weight excluding hydrogens is 496 g/mol. The Morgan fingerprint density at radius 1 is 1.26 bits per heavy atom. The van der Waals surface area contributed by atoms with Crippen LogP contribution in [0.1, 0.15) is 102 Å². The van der Waals surface area contributed by atoms with Gasteiger partial charge in [0.25, 0.3) is 0 Å². The summed E-state index contributed by atoms with van der Waals surface area (Å²) in [5.74, 6) is 0.972. The quantitative estimate of drug-likeness (QED) is 0.213. The van der Waals surface area contributed by atoms with E-state index in [0.717, 1.165) is 90.1 Å². The molecule has 1 N–H and O–H groups in total. The second-order valence-electron chi connectivity index (χ2n) is 11.4. The molecule has 4 rings (SSSR count). The number of nitriles is 1. The van der Waals surface area contributed by atoms with Crippen LogP contribution in [0.3, 0.4) is 0 Å². The number of carbonyl (C=O) groups excluding carboxylic acids is 1. The van der Waals surface area contributed by atoms with E-state index < -0.39 is 0 Å². The highest BCUT2D eigenvalue weighted by Crippen LogP contribution is 2.49. The van der Waals surface area contributed by atoms with Gasteiger partial charge in [-0.15, -0.1) is 11.3 Å². The first-order valence-corrected chi connectivity index (χ1v) is 16.0. The standard InChI is InChI=1S/C18H25NOS.C13H25NO3/c19-13-15-8-7-14(12-15)4-1-5-16(20)18(9-3-10-18)17-6-2-11-21-17;1-2-3-4-5-6-13(15)17-12-9-14-7-10-16-11-8-14/h2,6,11,14-16,20H,1,3-5,7-10,12H2;2-12H2,1H3/t14?,15-,16?;/m1./s1. The number of unbranched alkanes of at least 4 members (excludes halogenated alkanes) is 3. The lowest BCUT2D eigenvalue weighted by atomic mass is 9.63. The molecule has 2 heterocycles. The first-order valence-electron chi connectivity index (χ1n) is 15.1. The third-order valence-electron chi connectivity index (χ3n) is 8.72. The molecule has 0 aromatic carbocycles. The van der Waals surface area contributed by atoms with Crippen molar-refractivity contribution in [1.82, 2.24) is 4.90 Å². The van der Waals surface area contributed by atoms with Gasteiger partial charge >= 0.3 is 5.97 Å². The molecule has 2 unspecified atom stereocenters. The van der Waals surface area contributed by atoms with Gasteiger partial charge in [0, 0.05) is 42.3 Å². The van der Waals surface area contributed by atoms with Crippen LogP contribution in [-0.4, -0.2) is 61.5 Å². The zero-order valence-electron chi connectivity index (χ0n) is 23.6. The van der Waals surface area contributed by atoms with Crippen molar-refractivity contribution in [3.05, 3.63) is 22.4 Å². The molecular formula is C31H50N2O4S. The average Bonchev–Trinajstić information content (AvgIpc) is 3.60. The van der Waals surface area contributed by atoms with Gasteiger partial charge < -0.3 is 14.6 Å². The largest absolute Gasteiger partial charge is 0.464 e. The molecule has 1 aliphatic heterocycles. The predicted octanol–water partition coefficient (Wildman–Crippen LogP) is 6.47. The van der Waals surface area contributed by atoms with Crippen molar-refractivity contribution in [3.8, 4) is 6.07 Å². The van der Waals surface area contributed by atoms with Crippen LogP contribution < -0.4 is 0 Å². The minimum absolute atomic E-state index is 0.0469. The summed E-state index contributed by atoms with van der Waals surface area (Å²) in [6, 6.07) is 6.71. The van der Waals surface area contributed by atoms with Crippen molar-refractivity contribution < 1.29 is 19.4 Å². The highest BCUT2D eigenvalue weighted by atomic mass is 32.1. The van der Waals surface area contributed by atoms with E-state index in [4.69, 9.17) is 14.7 Å². The number of rotatable bonds is 14. The summed E-state index contributed by atoms with van der Waals surface area (Å²) in [7, 11) is 0. The van der Waals surface area contributed by atoms with Crippen molar-refractivity contribution in [1.29, 1.82) is 5.26 Å². The maximum Gasteiger partial charge on any atom is 0.305 e. The number of esters is 1. The number of nitrogens with zero attached hydrogens (tertiary/aromatic N) is 2. The molecule has 0 spiro atoms. The molecule has 0 bridgehead atoms. The van der Waals surface area contributed by atoms with E-state index in [0.29, 0.717) is 18.9 Å². The van der Waals surface area contributed by atoms with Crippen molar-refractivity contribution in [2.75, 3.05) is 39.5 Å². The highest BCUT2D eigenvalue weighted by molar-refractivity contribution is 7.10. The van der Waals surface area contributed by atoms with Crippen LogP contribution in [0.2, 0.25) is 0 Å². The smallest absolute Gasteiger partial charge is 0.305 e. The summed E-state index contributed by atoms with van der Waals surface area (Å²) in [6.45, 7) is 7.02. The molecule has 6 nitrogen and oxygen atoms in total. The molecule has 3 aliphatic rings. The summed E-state index contributed by atoms with van der Waals surface area (Å²) in [6.07, 6.45) is 15.0. The van der Waals surface area contributed by atoms with Gasteiger partial charge in [0.1, 0.15) is 6.61 Å². The average molecular weight is 547 g/mol. The lowest BCUT2D eigenvalue weighted by Crippen LogP contribution is -2.44. The minimum Gasteiger partial charge on any atom is -0.464 e. The zero-order valence-corrected chi connectivity index (χ0v) is 24.4. The number of morpholine rings is 1. The predicted molar refractivity (Wildman–Crippen MR) is 153 cm³/mol. The molecule has 2 aliphatic carbocycles. The van der Waals surface area contributed by atoms with Gasteiger partial charge in [0.15, 0.2) is 0 Å². The van der Waals surface area contributed by atoms with Gasteiger partial charge in [-0.2, -0.15) is 5.26 Å². The summed E-state index contributed by atoms with van der Waals surface area (Å²) < 4.78 is 10.5. The molecule has 214 valence electrons. The Kier molecular flexibility index (Phi) is 14.1. The van der Waals surface area contributed by atoms with Gasteiger partial charge in [-0.1, -0.05) is 51.5 Å². The highest BCUT2D eigenvalue weighted by Gasteiger charge is 2.45. The molecule has 3 fully saturated rings. The van der Waals surface area contributed by atoms with E-state index in [1.807, 2.05) is 0 Å². The molecule has 1 aromatic rings. The summed E-state index contributed by atoms with van der Waals surface area (Å²) in [5.41, 5.74) is 0.0685. The Hall–Kier alpha value is -1.46. The second kappa shape index (κ2) is 17.3. The van der Waals surface area contributed by atoms with Crippen molar-refractivity contribution in [2.45, 2.75) is 108 Å². The van der Waals surface area contributed by atoms with E-state index in [2.05, 4.69) is 35.4 Å². The fraction of sp³-hybridized carbons (Fsp3) is 0.806. The van der Waals surface area contributed by atoms with Gasteiger partial charge in [0.2, 0.25) is 0 Å². The van der Waals surface area contributed by atoms with E-state index in [9.17, 15) is 9.90 Å². The molecule has 0 amide bonds.